The normalized spacial score (nSPS) is 25.8. The van der Waals surface area contributed by atoms with Crippen LogP contribution in [0.5, 0.6) is 0 Å². The Kier molecular flexibility index (Phi) is 5.48. The SMILES string of the molecule is O=C(CN1CC2(CCCCC2)CC1=O)N1CCCO[C@@H](Cn2cccn2)C1. The summed E-state index contributed by atoms with van der Waals surface area (Å²) in [7, 11) is 0. The summed E-state index contributed by atoms with van der Waals surface area (Å²) in [5.74, 6) is 0.205. The molecule has 0 unspecified atom stereocenters. The van der Waals surface area contributed by atoms with Crippen molar-refractivity contribution in [1.29, 1.82) is 0 Å². The molecule has 7 nitrogen and oxygen atoms in total. The molecule has 27 heavy (non-hydrogen) atoms. The summed E-state index contributed by atoms with van der Waals surface area (Å²) in [6, 6.07) is 1.89. The van der Waals surface area contributed by atoms with E-state index in [4.69, 9.17) is 4.74 Å². The molecule has 1 atom stereocenters. The quantitative estimate of drug-likeness (QED) is 0.804. The molecule has 0 N–H and O–H groups in total. The Morgan fingerprint density at radius 3 is 2.89 bits per heavy atom. The lowest BCUT2D eigenvalue weighted by atomic mass is 9.73. The summed E-state index contributed by atoms with van der Waals surface area (Å²) in [5, 5.41) is 4.23. The second-order valence-electron chi connectivity index (χ2n) is 8.40. The lowest BCUT2D eigenvalue weighted by Crippen LogP contribution is -2.44. The first-order valence-corrected chi connectivity index (χ1v) is 10.3. The van der Waals surface area contributed by atoms with Crippen molar-refractivity contribution in [1.82, 2.24) is 19.6 Å². The van der Waals surface area contributed by atoms with E-state index in [1.54, 1.807) is 6.20 Å². The molecule has 3 heterocycles. The lowest BCUT2D eigenvalue weighted by molar-refractivity contribution is -0.138. The third kappa shape index (κ3) is 4.34. The molecule has 2 amide bonds. The standard InChI is InChI=1S/C20H30N4O3/c25-18-12-20(6-2-1-3-7-20)16-23(18)15-19(26)22-9-5-11-27-17(13-22)14-24-10-4-8-21-24/h4,8,10,17H,1-3,5-7,9,11-16H2/t17-/m1/s1. The van der Waals surface area contributed by atoms with E-state index in [1.807, 2.05) is 26.7 Å². The zero-order valence-corrected chi connectivity index (χ0v) is 16.0. The second kappa shape index (κ2) is 8.00. The van der Waals surface area contributed by atoms with Gasteiger partial charge in [0.2, 0.25) is 11.8 Å². The second-order valence-corrected chi connectivity index (χ2v) is 8.40. The van der Waals surface area contributed by atoms with Crippen molar-refractivity contribution in [2.24, 2.45) is 5.41 Å². The Labute approximate surface area is 160 Å². The van der Waals surface area contributed by atoms with E-state index in [0.717, 1.165) is 25.8 Å². The van der Waals surface area contributed by atoms with Crippen molar-refractivity contribution in [3.8, 4) is 0 Å². The van der Waals surface area contributed by atoms with Gasteiger partial charge in [-0.3, -0.25) is 14.3 Å². The van der Waals surface area contributed by atoms with E-state index < -0.39 is 0 Å². The van der Waals surface area contributed by atoms with Gasteiger partial charge in [0.1, 0.15) is 0 Å². The van der Waals surface area contributed by atoms with Gasteiger partial charge in [0.25, 0.3) is 0 Å². The van der Waals surface area contributed by atoms with Crippen LogP contribution in [-0.2, 0) is 20.9 Å². The molecule has 1 aliphatic carbocycles. The van der Waals surface area contributed by atoms with Gasteiger partial charge in [-0.25, -0.2) is 0 Å². The predicted molar refractivity (Wildman–Crippen MR) is 99.9 cm³/mol. The number of rotatable bonds is 4. The highest BCUT2D eigenvalue weighted by Crippen LogP contribution is 2.44. The van der Waals surface area contributed by atoms with Gasteiger partial charge in [0, 0.05) is 45.1 Å². The molecule has 1 aromatic heterocycles. The zero-order chi connectivity index (χ0) is 18.7. The fraction of sp³-hybridized carbons (Fsp3) is 0.750. The molecular weight excluding hydrogens is 344 g/mol. The first-order valence-electron chi connectivity index (χ1n) is 10.3. The van der Waals surface area contributed by atoms with Gasteiger partial charge in [-0.15, -0.1) is 0 Å². The molecule has 1 aromatic rings. The average Bonchev–Trinajstić information content (AvgIpc) is 3.18. The number of ether oxygens (including phenoxy) is 1. The Hall–Kier alpha value is -1.89. The number of amides is 2. The molecule has 0 bridgehead atoms. The Bertz CT molecular complexity index is 654. The van der Waals surface area contributed by atoms with E-state index >= 15 is 0 Å². The van der Waals surface area contributed by atoms with Crippen LogP contribution >= 0.6 is 0 Å². The fourth-order valence-corrected chi connectivity index (χ4v) is 4.87. The molecule has 3 fully saturated rings. The number of aromatic nitrogens is 2. The summed E-state index contributed by atoms with van der Waals surface area (Å²) in [5.41, 5.74) is 0.139. The van der Waals surface area contributed by atoms with E-state index in [2.05, 4.69) is 5.10 Å². The fourth-order valence-electron chi connectivity index (χ4n) is 4.87. The molecule has 4 rings (SSSR count). The Morgan fingerprint density at radius 2 is 2.11 bits per heavy atom. The van der Waals surface area contributed by atoms with Gasteiger partial charge in [-0.1, -0.05) is 19.3 Å². The average molecular weight is 374 g/mol. The van der Waals surface area contributed by atoms with Crippen LogP contribution in [0.25, 0.3) is 0 Å². The van der Waals surface area contributed by atoms with Crippen LogP contribution in [0.3, 0.4) is 0 Å². The summed E-state index contributed by atoms with van der Waals surface area (Å²) in [4.78, 5) is 29.1. The van der Waals surface area contributed by atoms with E-state index in [9.17, 15) is 9.59 Å². The van der Waals surface area contributed by atoms with Crippen LogP contribution < -0.4 is 0 Å². The third-order valence-corrected chi connectivity index (χ3v) is 6.30. The number of hydrogen-bond donors (Lipinski definition) is 0. The van der Waals surface area contributed by atoms with Crippen molar-refractivity contribution in [2.75, 3.05) is 32.8 Å². The largest absolute Gasteiger partial charge is 0.374 e. The van der Waals surface area contributed by atoms with Crippen molar-refractivity contribution in [3.63, 3.8) is 0 Å². The van der Waals surface area contributed by atoms with Gasteiger partial charge in [-0.2, -0.15) is 5.10 Å². The van der Waals surface area contributed by atoms with Gasteiger partial charge in [0.05, 0.1) is 19.2 Å². The maximum absolute atomic E-state index is 12.9. The van der Waals surface area contributed by atoms with Crippen LogP contribution in [0.1, 0.15) is 44.9 Å². The van der Waals surface area contributed by atoms with Crippen molar-refractivity contribution < 1.29 is 14.3 Å². The molecule has 2 aliphatic heterocycles. The molecule has 1 saturated carbocycles. The van der Waals surface area contributed by atoms with Crippen LogP contribution in [0.4, 0.5) is 0 Å². The highest BCUT2D eigenvalue weighted by Gasteiger charge is 2.44. The highest BCUT2D eigenvalue weighted by molar-refractivity contribution is 5.86. The number of carbonyl (C=O) groups is 2. The molecule has 148 valence electrons. The van der Waals surface area contributed by atoms with Gasteiger partial charge in [-0.05, 0) is 30.7 Å². The lowest BCUT2D eigenvalue weighted by Gasteiger charge is -2.33. The number of carbonyl (C=O) groups excluding carboxylic acids is 2. The molecule has 7 heteroatoms. The van der Waals surface area contributed by atoms with Crippen LogP contribution in [0.15, 0.2) is 18.5 Å². The van der Waals surface area contributed by atoms with Crippen molar-refractivity contribution in [3.05, 3.63) is 18.5 Å². The third-order valence-electron chi connectivity index (χ3n) is 6.30. The summed E-state index contributed by atoms with van der Waals surface area (Å²) in [6.07, 6.45) is 11.0. The number of likely N-dealkylation sites (tertiary alicyclic amines) is 1. The minimum atomic E-state index is -0.0599. The Morgan fingerprint density at radius 1 is 1.26 bits per heavy atom. The molecule has 2 saturated heterocycles. The molecule has 1 spiro atoms. The van der Waals surface area contributed by atoms with E-state index in [0.29, 0.717) is 32.7 Å². The zero-order valence-electron chi connectivity index (χ0n) is 16.0. The summed E-state index contributed by atoms with van der Waals surface area (Å²) >= 11 is 0. The van der Waals surface area contributed by atoms with Gasteiger partial charge >= 0.3 is 0 Å². The summed E-state index contributed by atoms with van der Waals surface area (Å²) in [6.45, 7) is 3.53. The maximum atomic E-state index is 12.9. The van der Waals surface area contributed by atoms with Crippen molar-refractivity contribution in [2.45, 2.75) is 57.6 Å². The predicted octanol–water partition coefficient (Wildman–Crippen LogP) is 1.68. The van der Waals surface area contributed by atoms with Crippen LogP contribution in [0, 0.1) is 5.41 Å². The number of hydrogen-bond acceptors (Lipinski definition) is 4. The molecule has 3 aliphatic rings. The van der Waals surface area contributed by atoms with E-state index in [1.165, 1.54) is 19.3 Å². The van der Waals surface area contributed by atoms with E-state index in [-0.39, 0.29) is 29.9 Å². The molecular formula is C20H30N4O3. The van der Waals surface area contributed by atoms with Gasteiger partial charge < -0.3 is 14.5 Å². The van der Waals surface area contributed by atoms with Crippen LogP contribution in [0.2, 0.25) is 0 Å². The minimum Gasteiger partial charge on any atom is -0.374 e. The monoisotopic (exact) mass is 374 g/mol. The molecule has 0 aromatic carbocycles. The maximum Gasteiger partial charge on any atom is 0.242 e. The minimum absolute atomic E-state index is 0.0483. The molecule has 0 radical (unpaired) electrons. The topological polar surface area (TPSA) is 67.7 Å². The van der Waals surface area contributed by atoms with Crippen molar-refractivity contribution >= 4 is 11.8 Å². The summed E-state index contributed by atoms with van der Waals surface area (Å²) < 4.78 is 7.75. The smallest absolute Gasteiger partial charge is 0.242 e. The van der Waals surface area contributed by atoms with Crippen LogP contribution in [-0.4, -0.2) is 70.3 Å². The van der Waals surface area contributed by atoms with Gasteiger partial charge in [0.15, 0.2) is 0 Å². The highest BCUT2D eigenvalue weighted by atomic mass is 16.5. The number of nitrogens with zero attached hydrogens (tertiary/aromatic N) is 4. The first kappa shape index (κ1) is 18.5. The Balaban J connectivity index is 1.34. The first-order chi connectivity index (χ1) is 13.1.